The van der Waals surface area contributed by atoms with Crippen molar-refractivity contribution >= 4 is 17.4 Å². The standard InChI is InChI=1S/C27H33N5O/c1-18-28-23(19-10-7-6-8-11-19)15-24(29-18)30-21-13-9-12-20(14-21)25(33)31-22-16-26(2,3)32-27(4,5)17-22/h6-15,22,32H,16-17H2,1-5H3,(H,31,33)(H,28,29,30). The lowest BCUT2D eigenvalue weighted by molar-refractivity contribution is 0.0873. The van der Waals surface area contributed by atoms with Crippen molar-refractivity contribution in [2.75, 3.05) is 5.32 Å². The number of hydrogen-bond acceptors (Lipinski definition) is 5. The van der Waals surface area contributed by atoms with E-state index in [1.165, 1.54) is 0 Å². The van der Waals surface area contributed by atoms with Crippen molar-refractivity contribution in [3.8, 4) is 11.3 Å². The van der Waals surface area contributed by atoms with E-state index in [0.717, 1.165) is 29.8 Å². The highest BCUT2D eigenvalue weighted by Gasteiger charge is 2.38. The van der Waals surface area contributed by atoms with Gasteiger partial charge >= 0.3 is 0 Å². The number of amides is 1. The van der Waals surface area contributed by atoms with Gasteiger partial charge in [-0.25, -0.2) is 9.97 Å². The lowest BCUT2D eigenvalue weighted by atomic mass is 9.79. The Labute approximate surface area is 196 Å². The average molecular weight is 444 g/mol. The van der Waals surface area contributed by atoms with E-state index in [2.05, 4.69) is 53.6 Å². The Kier molecular flexibility index (Phi) is 6.21. The second-order valence-electron chi connectivity index (χ2n) is 10.2. The van der Waals surface area contributed by atoms with Crippen LogP contribution >= 0.6 is 0 Å². The molecule has 4 rings (SSSR count). The molecule has 0 bridgehead atoms. The van der Waals surface area contributed by atoms with Crippen LogP contribution in [0, 0.1) is 6.92 Å². The fourth-order valence-corrected chi connectivity index (χ4v) is 4.97. The monoisotopic (exact) mass is 443 g/mol. The van der Waals surface area contributed by atoms with E-state index in [1.807, 2.05) is 67.6 Å². The van der Waals surface area contributed by atoms with Crippen LogP contribution in [0.4, 0.5) is 11.5 Å². The van der Waals surface area contributed by atoms with Crippen molar-refractivity contribution in [1.82, 2.24) is 20.6 Å². The molecule has 0 atom stereocenters. The molecule has 2 heterocycles. The van der Waals surface area contributed by atoms with Crippen molar-refractivity contribution in [3.63, 3.8) is 0 Å². The summed E-state index contributed by atoms with van der Waals surface area (Å²) in [5.41, 5.74) is 3.28. The summed E-state index contributed by atoms with van der Waals surface area (Å²) >= 11 is 0. The molecule has 1 aliphatic rings. The van der Waals surface area contributed by atoms with E-state index in [4.69, 9.17) is 0 Å². The van der Waals surface area contributed by atoms with Gasteiger partial charge in [0.05, 0.1) is 5.69 Å². The van der Waals surface area contributed by atoms with Gasteiger partial charge in [0.25, 0.3) is 5.91 Å². The summed E-state index contributed by atoms with van der Waals surface area (Å²) in [4.78, 5) is 22.1. The summed E-state index contributed by atoms with van der Waals surface area (Å²) in [5.74, 6) is 1.32. The number of carbonyl (C=O) groups is 1. The third kappa shape index (κ3) is 5.96. The highest BCUT2D eigenvalue weighted by atomic mass is 16.1. The maximum absolute atomic E-state index is 13.0. The molecular formula is C27H33N5O. The van der Waals surface area contributed by atoms with Gasteiger partial charge in [-0.2, -0.15) is 0 Å². The van der Waals surface area contributed by atoms with Crippen LogP contribution in [0.5, 0.6) is 0 Å². The molecule has 0 saturated carbocycles. The summed E-state index contributed by atoms with van der Waals surface area (Å²) in [5, 5.41) is 10.2. The van der Waals surface area contributed by atoms with Crippen LogP contribution in [0.15, 0.2) is 60.7 Å². The molecule has 6 nitrogen and oxygen atoms in total. The fourth-order valence-electron chi connectivity index (χ4n) is 4.97. The van der Waals surface area contributed by atoms with E-state index in [-0.39, 0.29) is 23.0 Å². The summed E-state index contributed by atoms with van der Waals surface area (Å²) in [6.45, 7) is 10.6. The van der Waals surface area contributed by atoms with Crippen LogP contribution in [0.25, 0.3) is 11.3 Å². The quantitative estimate of drug-likeness (QED) is 0.503. The van der Waals surface area contributed by atoms with Gasteiger partial charge in [-0.05, 0) is 65.7 Å². The fraction of sp³-hybridized carbons (Fsp3) is 0.370. The lowest BCUT2D eigenvalue weighted by Crippen LogP contribution is -2.62. The normalized spacial score (nSPS) is 17.4. The number of nitrogens with zero attached hydrogens (tertiary/aromatic N) is 2. The van der Waals surface area contributed by atoms with Gasteiger partial charge in [0.1, 0.15) is 11.6 Å². The van der Waals surface area contributed by atoms with Gasteiger partial charge in [-0.3, -0.25) is 4.79 Å². The molecule has 33 heavy (non-hydrogen) atoms. The highest BCUT2D eigenvalue weighted by molar-refractivity contribution is 5.95. The number of anilines is 2. The number of carbonyl (C=O) groups excluding carboxylic acids is 1. The lowest BCUT2D eigenvalue weighted by Gasteiger charge is -2.46. The first-order valence-corrected chi connectivity index (χ1v) is 11.5. The second-order valence-corrected chi connectivity index (χ2v) is 10.2. The van der Waals surface area contributed by atoms with Crippen molar-refractivity contribution in [3.05, 3.63) is 72.1 Å². The number of piperidine rings is 1. The predicted molar refractivity (Wildman–Crippen MR) is 134 cm³/mol. The number of aromatic nitrogens is 2. The van der Waals surface area contributed by atoms with E-state index < -0.39 is 0 Å². The van der Waals surface area contributed by atoms with E-state index in [1.54, 1.807) is 0 Å². The third-order valence-electron chi connectivity index (χ3n) is 5.83. The van der Waals surface area contributed by atoms with Gasteiger partial charge in [-0.15, -0.1) is 0 Å². The average Bonchev–Trinajstić information content (AvgIpc) is 2.72. The Morgan fingerprint density at radius 3 is 2.33 bits per heavy atom. The van der Waals surface area contributed by atoms with Gasteiger partial charge < -0.3 is 16.0 Å². The Hall–Kier alpha value is -3.25. The molecule has 0 radical (unpaired) electrons. The maximum atomic E-state index is 13.0. The molecule has 1 aromatic heterocycles. The molecule has 2 aromatic carbocycles. The molecule has 3 N–H and O–H groups in total. The van der Waals surface area contributed by atoms with E-state index in [9.17, 15) is 4.79 Å². The summed E-state index contributed by atoms with van der Waals surface area (Å²) in [6.07, 6.45) is 1.78. The molecule has 1 aliphatic heterocycles. The number of nitrogens with one attached hydrogen (secondary N) is 3. The van der Waals surface area contributed by atoms with Crippen LogP contribution < -0.4 is 16.0 Å². The Bertz CT molecular complexity index is 1120. The van der Waals surface area contributed by atoms with Crippen LogP contribution in [0.2, 0.25) is 0 Å². The van der Waals surface area contributed by atoms with Gasteiger partial charge in [-0.1, -0.05) is 36.4 Å². The molecule has 0 aliphatic carbocycles. The zero-order chi connectivity index (χ0) is 23.6. The number of rotatable bonds is 5. The Morgan fingerprint density at radius 2 is 1.64 bits per heavy atom. The number of benzene rings is 2. The second kappa shape index (κ2) is 8.94. The third-order valence-corrected chi connectivity index (χ3v) is 5.83. The Morgan fingerprint density at radius 1 is 0.939 bits per heavy atom. The van der Waals surface area contributed by atoms with Gasteiger partial charge in [0.15, 0.2) is 0 Å². The van der Waals surface area contributed by atoms with Crippen molar-refractivity contribution in [1.29, 1.82) is 0 Å². The predicted octanol–water partition coefficient (Wildman–Crippen LogP) is 5.23. The molecule has 1 fully saturated rings. The van der Waals surface area contributed by atoms with Crippen molar-refractivity contribution in [2.24, 2.45) is 0 Å². The summed E-state index contributed by atoms with van der Waals surface area (Å²) in [7, 11) is 0. The Balaban J connectivity index is 1.49. The molecule has 172 valence electrons. The summed E-state index contributed by atoms with van der Waals surface area (Å²) in [6, 6.07) is 19.6. The van der Waals surface area contributed by atoms with E-state index >= 15 is 0 Å². The van der Waals surface area contributed by atoms with Crippen LogP contribution in [-0.2, 0) is 0 Å². The number of hydrogen-bond donors (Lipinski definition) is 3. The van der Waals surface area contributed by atoms with Crippen LogP contribution in [0.1, 0.15) is 56.7 Å². The minimum absolute atomic E-state index is 0.0234. The molecule has 3 aromatic rings. The minimum Gasteiger partial charge on any atom is -0.349 e. The number of aryl methyl sites for hydroxylation is 1. The highest BCUT2D eigenvalue weighted by Crippen LogP contribution is 2.29. The SMILES string of the molecule is Cc1nc(Nc2cccc(C(=O)NC3CC(C)(C)NC(C)(C)C3)c2)cc(-c2ccccc2)n1. The molecule has 0 unspecified atom stereocenters. The summed E-state index contributed by atoms with van der Waals surface area (Å²) < 4.78 is 0. The topological polar surface area (TPSA) is 78.9 Å². The van der Waals surface area contributed by atoms with Crippen molar-refractivity contribution < 1.29 is 4.79 Å². The van der Waals surface area contributed by atoms with Gasteiger partial charge in [0.2, 0.25) is 0 Å². The maximum Gasteiger partial charge on any atom is 0.251 e. The zero-order valence-corrected chi connectivity index (χ0v) is 20.1. The minimum atomic E-state index is -0.0546. The molecule has 1 saturated heterocycles. The first-order valence-electron chi connectivity index (χ1n) is 11.5. The van der Waals surface area contributed by atoms with E-state index in [0.29, 0.717) is 17.2 Å². The molecule has 1 amide bonds. The van der Waals surface area contributed by atoms with Crippen LogP contribution in [-0.4, -0.2) is 33.0 Å². The van der Waals surface area contributed by atoms with Crippen molar-refractivity contribution in [2.45, 2.75) is 64.6 Å². The molecule has 0 spiro atoms. The molecular weight excluding hydrogens is 410 g/mol. The molecule has 6 heteroatoms. The largest absolute Gasteiger partial charge is 0.349 e. The first-order chi connectivity index (χ1) is 15.6. The van der Waals surface area contributed by atoms with Gasteiger partial charge in [0, 0.05) is 40.0 Å². The first kappa shape index (κ1) is 22.9. The zero-order valence-electron chi connectivity index (χ0n) is 20.1. The smallest absolute Gasteiger partial charge is 0.251 e. The van der Waals surface area contributed by atoms with Crippen LogP contribution in [0.3, 0.4) is 0 Å².